The van der Waals surface area contributed by atoms with Gasteiger partial charge < -0.3 is 9.15 Å². The van der Waals surface area contributed by atoms with Crippen molar-refractivity contribution in [1.82, 2.24) is 0 Å². The molecule has 0 aliphatic carbocycles. The quantitative estimate of drug-likeness (QED) is 0.713. The summed E-state index contributed by atoms with van der Waals surface area (Å²) in [7, 11) is 1.37. The first kappa shape index (κ1) is 11.6. The van der Waals surface area contributed by atoms with Crippen molar-refractivity contribution in [1.29, 1.82) is 0 Å². The molecule has 1 aromatic heterocycles. The van der Waals surface area contributed by atoms with Crippen molar-refractivity contribution >= 4 is 12.0 Å². The molecule has 0 saturated carbocycles. The van der Waals surface area contributed by atoms with Gasteiger partial charge in [-0.05, 0) is 19.4 Å². The molecule has 0 aromatic carbocycles. The van der Waals surface area contributed by atoms with Crippen molar-refractivity contribution in [2.24, 2.45) is 0 Å². The van der Waals surface area contributed by atoms with E-state index in [0.717, 1.165) is 18.4 Å². The number of furan rings is 1. The van der Waals surface area contributed by atoms with E-state index in [2.05, 4.69) is 11.7 Å². The lowest BCUT2D eigenvalue weighted by molar-refractivity contribution is 0.0599. The van der Waals surface area contributed by atoms with Crippen LogP contribution in [0.5, 0.6) is 0 Å². The number of aryl methyl sites for hydroxylation is 1. The number of ether oxygens (including phenoxy) is 1. The topological polar surface area (TPSA) is 39.4 Å². The van der Waals surface area contributed by atoms with Crippen molar-refractivity contribution in [3.63, 3.8) is 0 Å². The van der Waals surface area contributed by atoms with Gasteiger partial charge in [-0.1, -0.05) is 19.4 Å². The first-order valence-corrected chi connectivity index (χ1v) is 5.03. The zero-order chi connectivity index (χ0) is 11.3. The molecule has 0 spiro atoms. The Morgan fingerprint density at radius 3 is 2.93 bits per heavy atom. The fraction of sp³-hybridized carbons (Fsp3) is 0.417. The Bertz CT molecular complexity index is 361. The molecular formula is C12H16O3. The van der Waals surface area contributed by atoms with Gasteiger partial charge >= 0.3 is 5.97 Å². The van der Waals surface area contributed by atoms with Crippen LogP contribution >= 0.6 is 0 Å². The molecule has 0 N–H and O–H groups in total. The minimum atomic E-state index is -0.350. The summed E-state index contributed by atoms with van der Waals surface area (Å²) in [5, 5.41) is 0. The van der Waals surface area contributed by atoms with Crippen molar-refractivity contribution in [3.8, 4) is 0 Å². The Balaban J connectivity index is 2.93. The summed E-state index contributed by atoms with van der Waals surface area (Å²) in [6.07, 6.45) is 7.43. The van der Waals surface area contributed by atoms with E-state index in [0.29, 0.717) is 11.3 Å². The lowest BCUT2D eigenvalue weighted by Crippen LogP contribution is -2.03. The smallest absolute Gasteiger partial charge is 0.342 e. The highest BCUT2D eigenvalue weighted by atomic mass is 16.5. The van der Waals surface area contributed by atoms with E-state index < -0.39 is 0 Å². The van der Waals surface area contributed by atoms with Crippen LogP contribution in [-0.2, 0) is 4.74 Å². The Labute approximate surface area is 89.7 Å². The standard InChI is InChI=1S/C12H16O3/c1-4-5-6-7-10-11(12(13)14-3)9(2)8-15-10/h6-8H,4-5H2,1-3H3/b7-6+. The lowest BCUT2D eigenvalue weighted by atomic mass is 10.1. The molecule has 0 fully saturated rings. The minimum Gasteiger partial charge on any atom is -0.465 e. The molecule has 1 heterocycles. The molecule has 0 unspecified atom stereocenters. The molecular weight excluding hydrogens is 192 g/mol. The molecule has 15 heavy (non-hydrogen) atoms. The predicted molar refractivity (Wildman–Crippen MR) is 58.7 cm³/mol. The van der Waals surface area contributed by atoms with E-state index in [1.165, 1.54) is 7.11 Å². The summed E-state index contributed by atoms with van der Waals surface area (Å²) in [4.78, 5) is 11.4. The Kier molecular flexibility index (Phi) is 4.16. The molecule has 0 aliphatic rings. The van der Waals surface area contributed by atoms with Crippen LogP contribution in [0.2, 0.25) is 0 Å². The fourth-order valence-corrected chi connectivity index (χ4v) is 1.31. The molecule has 0 aliphatic heterocycles. The molecule has 1 aromatic rings. The van der Waals surface area contributed by atoms with Gasteiger partial charge in [0.25, 0.3) is 0 Å². The Morgan fingerprint density at radius 1 is 1.60 bits per heavy atom. The van der Waals surface area contributed by atoms with Crippen LogP contribution in [0.3, 0.4) is 0 Å². The molecule has 0 atom stereocenters. The first-order valence-electron chi connectivity index (χ1n) is 5.03. The summed E-state index contributed by atoms with van der Waals surface area (Å²) < 4.78 is 9.97. The Morgan fingerprint density at radius 2 is 2.33 bits per heavy atom. The van der Waals surface area contributed by atoms with Gasteiger partial charge in [0.05, 0.1) is 13.4 Å². The first-order chi connectivity index (χ1) is 7.20. The number of carbonyl (C=O) groups is 1. The summed E-state index contributed by atoms with van der Waals surface area (Å²) in [5.74, 6) is 0.227. The fourth-order valence-electron chi connectivity index (χ4n) is 1.31. The third-order valence-corrected chi connectivity index (χ3v) is 2.12. The van der Waals surface area contributed by atoms with E-state index >= 15 is 0 Å². The highest BCUT2D eigenvalue weighted by molar-refractivity contribution is 5.94. The highest BCUT2D eigenvalue weighted by Crippen LogP contribution is 2.19. The summed E-state index contributed by atoms with van der Waals surface area (Å²) in [6, 6.07) is 0. The van der Waals surface area contributed by atoms with Crippen LogP contribution in [0.1, 0.15) is 41.4 Å². The zero-order valence-electron chi connectivity index (χ0n) is 9.37. The van der Waals surface area contributed by atoms with Crippen LogP contribution < -0.4 is 0 Å². The summed E-state index contributed by atoms with van der Waals surface area (Å²) in [6.45, 7) is 3.92. The van der Waals surface area contributed by atoms with Crippen LogP contribution in [0.4, 0.5) is 0 Å². The van der Waals surface area contributed by atoms with Gasteiger partial charge in [-0.25, -0.2) is 4.79 Å². The number of hydrogen-bond acceptors (Lipinski definition) is 3. The third kappa shape index (κ3) is 2.72. The second-order valence-electron chi connectivity index (χ2n) is 3.34. The second-order valence-corrected chi connectivity index (χ2v) is 3.34. The van der Waals surface area contributed by atoms with E-state index in [1.54, 1.807) is 6.26 Å². The summed E-state index contributed by atoms with van der Waals surface area (Å²) >= 11 is 0. The number of unbranched alkanes of at least 4 members (excludes halogenated alkanes) is 1. The number of methoxy groups -OCH3 is 1. The van der Waals surface area contributed by atoms with Gasteiger partial charge in [-0.2, -0.15) is 0 Å². The van der Waals surface area contributed by atoms with Gasteiger partial charge in [0.15, 0.2) is 0 Å². The maximum absolute atomic E-state index is 11.4. The Hall–Kier alpha value is -1.51. The normalized spacial score (nSPS) is 10.9. The number of carbonyl (C=O) groups excluding carboxylic acids is 1. The number of rotatable bonds is 4. The predicted octanol–water partition coefficient (Wildman–Crippen LogP) is 3.19. The van der Waals surface area contributed by atoms with Crippen molar-refractivity contribution in [2.75, 3.05) is 7.11 Å². The van der Waals surface area contributed by atoms with E-state index in [9.17, 15) is 4.79 Å². The van der Waals surface area contributed by atoms with E-state index in [4.69, 9.17) is 4.42 Å². The van der Waals surface area contributed by atoms with E-state index in [-0.39, 0.29) is 5.97 Å². The molecule has 3 nitrogen and oxygen atoms in total. The van der Waals surface area contributed by atoms with Crippen molar-refractivity contribution < 1.29 is 13.9 Å². The van der Waals surface area contributed by atoms with Crippen LogP contribution in [-0.4, -0.2) is 13.1 Å². The van der Waals surface area contributed by atoms with Gasteiger partial charge in [-0.15, -0.1) is 0 Å². The van der Waals surface area contributed by atoms with Crippen molar-refractivity contribution in [2.45, 2.75) is 26.7 Å². The average Bonchev–Trinajstić information content (AvgIpc) is 2.59. The third-order valence-electron chi connectivity index (χ3n) is 2.12. The number of esters is 1. The second kappa shape index (κ2) is 5.39. The molecule has 0 amide bonds. The average molecular weight is 208 g/mol. The van der Waals surface area contributed by atoms with E-state index in [1.807, 2.05) is 19.1 Å². The molecule has 3 heteroatoms. The largest absolute Gasteiger partial charge is 0.465 e. The maximum atomic E-state index is 11.4. The molecule has 82 valence electrons. The van der Waals surface area contributed by atoms with Crippen LogP contribution in [0.25, 0.3) is 6.08 Å². The number of hydrogen-bond donors (Lipinski definition) is 0. The minimum absolute atomic E-state index is 0.350. The van der Waals surface area contributed by atoms with Gasteiger partial charge in [0, 0.05) is 5.56 Å². The molecule has 0 bridgehead atoms. The molecule has 0 radical (unpaired) electrons. The number of allylic oxidation sites excluding steroid dienone is 1. The maximum Gasteiger partial charge on any atom is 0.342 e. The lowest BCUT2D eigenvalue weighted by Gasteiger charge is -1.97. The van der Waals surface area contributed by atoms with Gasteiger partial charge in [-0.3, -0.25) is 0 Å². The monoisotopic (exact) mass is 208 g/mol. The zero-order valence-corrected chi connectivity index (χ0v) is 9.37. The van der Waals surface area contributed by atoms with Gasteiger partial charge in [0.1, 0.15) is 11.3 Å². The molecule has 1 rings (SSSR count). The van der Waals surface area contributed by atoms with Crippen LogP contribution in [0, 0.1) is 6.92 Å². The molecule has 0 saturated heterocycles. The summed E-state index contributed by atoms with van der Waals surface area (Å²) in [5.41, 5.74) is 1.32. The highest BCUT2D eigenvalue weighted by Gasteiger charge is 2.16. The van der Waals surface area contributed by atoms with Gasteiger partial charge in [0.2, 0.25) is 0 Å². The van der Waals surface area contributed by atoms with Crippen LogP contribution in [0.15, 0.2) is 16.8 Å². The SMILES string of the molecule is CCC/C=C/c1occ(C)c1C(=O)OC. The van der Waals surface area contributed by atoms with Crippen molar-refractivity contribution in [3.05, 3.63) is 29.2 Å².